The van der Waals surface area contributed by atoms with Gasteiger partial charge in [-0.15, -0.1) is 0 Å². The van der Waals surface area contributed by atoms with Crippen molar-refractivity contribution in [3.05, 3.63) is 71.1 Å². The van der Waals surface area contributed by atoms with Gasteiger partial charge in [-0.3, -0.25) is 14.6 Å². The number of nitrogens with zero attached hydrogens (tertiary/aromatic N) is 3. The molecule has 4 rings (SSSR count). The zero-order valence-electron chi connectivity index (χ0n) is 23.7. The summed E-state index contributed by atoms with van der Waals surface area (Å²) in [6.45, 7) is 1.37. The highest BCUT2D eigenvalue weighted by atomic mass is 19.4. The van der Waals surface area contributed by atoms with Crippen LogP contribution in [-0.4, -0.2) is 85.6 Å². The minimum absolute atomic E-state index is 0.0710. The molecule has 1 saturated heterocycles. The molecular weight excluding hydrogens is 535 g/mol. The first-order valence-electron chi connectivity index (χ1n) is 13.8. The molecule has 0 spiro atoms. The van der Waals surface area contributed by atoms with E-state index in [1.807, 2.05) is 20.3 Å². The number of aromatic nitrogens is 1. The standard InChI is InChI=1S/C30H38F3N5O3/c1-37(2)17-20-7-12-27(34-15-20)21-8-10-24(11-9-21)36-25-14-26(19-41-3)38(18-25)28(39)16-35-29(40)22-5-4-6-23(13-22)30(31,32)33/h4-8,12-13,15,24-26,36H,9-11,14,16-19H2,1-3H3,(H,35,40)/t24?,25?,26-/m0/s1. The molecule has 2 aliphatic rings. The number of pyridine rings is 1. The van der Waals surface area contributed by atoms with Crippen LogP contribution in [0.5, 0.6) is 0 Å². The summed E-state index contributed by atoms with van der Waals surface area (Å²) in [6, 6.07) is 8.54. The van der Waals surface area contributed by atoms with Gasteiger partial charge in [0.2, 0.25) is 5.91 Å². The number of nitrogens with one attached hydrogen (secondary N) is 2. The molecule has 2 unspecified atom stereocenters. The number of benzene rings is 1. The summed E-state index contributed by atoms with van der Waals surface area (Å²) < 4.78 is 44.3. The number of hydrogen-bond donors (Lipinski definition) is 2. The molecule has 3 atom stereocenters. The summed E-state index contributed by atoms with van der Waals surface area (Å²) in [5.74, 6) is -1.03. The van der Waals surface area contributed by atoms with E-state index in [1.165, 1.54) is 23.3 Å². The van der Waals surface area contributed by atoms with Crippen LogP contribution in [0.4, 0.5) is 13.2 Å². The predicted octanol–water partition coefficient (Wildman–Crippen LogP) is 3.73. The molecule has 2 aromatic rings. The molecule has 2 amide bonds. The Hall–Kier alpha value is -3.28. The zero-order valence-corrected chi connectivity index (χ0v) is 23.7. The molecule has 0 saturated carbocycles. The van der Waals surface area contributed by atoms with Crippen LogP contribution >= 0.6 is 0 Å². The van der Waals surface area contributed by atoms with Crippen LogP contribution in [0, 0.1) is 0 Å². The highest BCUT2D eigenvalue weighted by Crippen LogP contribution is 2.30. The van der Waals surface area contributed by atoms with Crippen LogP contribution in [0.3, 0.4) is 0 Å². The fourth-order valence-electron chi connectivity index (χ4n) is 5.51. The summed E-state index contributed by atoms with van der Waals surface area (Å²) in [5, 5.41) is 6.16. The number of rotatable bonds is 10. The Labute approximate surface area is 238 Å². The third-order valence-corrected chi connectivity index (χ3v) is 7.48. The molecule has 1 aromatic carbocycles. The number of alkyl halides is 3. The van der Waals surface area contributed by atoms with Crippen LogP contribution < -0.4 is 10.6 Å². The van der Waals surface area contributed by atoms with Crippen molar-refractivity contribution in [2.24, 2.45) is 0 Å². The molecule has 41 heavy (non-hydrogen) atoms. The Kier molecular flexibility index (Phi) is 10.2. The lowest BCUT2D eigenvalue weighted by molar-refractivity contribution is -0.137. The third kappa shape index (κ3) is 8.37. The van der Waals surface area contributed by atoms with Crippen LogP contribution in [0.1, 0.15) is 52.9 Å². The Bertz CT molecular complexity index is 1230. The van der Waals surface area contributed by atoms with E-state index in [-0.39, 0.29) is 36.1 Å². The lowest BCUT2D eigenvalue weighted by Crippen LogP contribution is -2.45. The van der Waals surface area contributed by atoms with Crippen LogP contribution in [-0.2, 0) is 22.3 Å². The highest BCUT2D eigenvalue weighted by Gasteiger charge is 2.36. The summed E-state index contributed by atoms with van der Waals surface area (Å²) >= 11 is 0. The molecule has 0 radical (unpaired) electrons. The lowest BCUT2D eigenvalue weighted by atomic mass is 9.92. The van der Waals surface area contributed by atoms with Crippen molar-refractivity contribution < 1.29 is 27.5 Å². The number of likely N-dealkylation sites (tertiary alicyclic amines) is 1. The minimum atomic E-state index is -4.55. The molecule has 1 aliphatic carbocycles. The Balaban J connectivity index is 1.29. The van der Waals surface area contributed by atoms with Gasteiger partial charge in [-0.2, -0.15) is 13.2 Å². The fourth-order valence-corrected chi connectivity index (χ4v) is 5.51. The molecule has 1 fully saturated rings. The quantitative estimate of drug-likeness (QED) is 0.451. The smallest absolute Gasteiger partial charge is 0.383 e. The SMILES string of the molecule is COC[C@@H]1CC(NC2CC=C(c3ccc(CN(C)C)cn3)CC2)CN1C(=O)CNC(=O)c1cccc(C(F)(F)F)c1. The largest absolute Gasteiger partial charge is 0.416 e. The number of amides is 2. The van der Waals surface area contributed by atoms with E-state index in [1.54, 1.807) is 12.0 Å². The second-order valence-corrected chi connectivity index (χ2v) is 11.0. The first kappa shape index (κ1) is 30.7. The van der Waals surface area contributed by atoms with Gasteiger partial charge in [0, 0.05) is 44.0 Å². The van der Waals surface area contributed by atoms with Gasteiger partial charge in [-0.1, -0.05) is 18.2 Å². The molecule has 2 N–H and O–H groups in total. The van der Waals surface area contributed by atoms with E-state index < -0.39 is 17.6 Å². The average molecular weight is 574 g/mol. The van der Waals surface area contributed by atoms with Crippen LogP contribution in [0.25, 0.3) is 5.57 Å². The topological polar surface area (TPSA) is 86.8 Å². The number of carbonyl (C=O) groups is 2. The van der Waals surface area contributed by atoms with E-state index in [0.717, 1.165) is 43.6 Å². The lowest BCUT2D eigenvalue weighted by Gasteiger charge is -2.26. The number of methoxy groups -OCH3 is 1. The first-order valence-corrected chi connectivity index (χ1v) is 13.8. The van der Waals surface area contributed by atoms with Crippen LogP contribution in [0.2, 0.25) is 0 Å². The van der Waals surface area contributed by atoms with E-state index in [2.05, 4.69) is 38.7 Å². The van der Waals surface area contributed by atoms with Gasteiger partial charge in [-0.25, -0.2) is 0 Å². The van der Waals surface area contributed by atoms with Gasteiger partial charge in [-0.05, 0) is 75.2 Å². The maximum atomic E-state index is 13.0. The molecule has 8 nitrogen and oxygen atoms in total. The van der Waals surface area contributed by atoms with Gasteiger partial charge < -0.3 is 25.2 Å². The monoisotopic (exact) mass is 573 g/mol. The molecule has 11 heteroatoms. The van der Waals surface area contributed by atoms with Gasteiger partial charge in [0.1, 0.15) is 0 Å². The van der Waals surface area contributed by atoms with E-state index >= 15 is 0 Å². The predicted molar refractivity (Wildman–Crippen MR) is 150 cm³/mol. The van der Waals surface area contributed by atoms with Crippen molar-refractivity contribution in [2.45, 2.75) is 56.5 Å². The number of hydrogen-bond acceptors (Lipinski definition) is 6. The third-order valence-electron chi connectivity index (χ3n) is 7.48. The summed E-state index contributed by atoms with van der Waals surface area (Å²) in [7, 11) is 5.64. The molecule has 1 aromatic heterocycles. The van der Waals surface area contributed by atoms with Crippen molar-refractivity contribution >= 4 is 17.4 Å². The van der Waals surface area contributed by atoms with E-state index in [0.29, 0.717) is 19.6 Å². The van der Waals surface area contributed by atoms with E-state index in [9.17, 15) is 22.8 Å². The molecule has 2 heterocycles. The summed E-state index contributed by atoms with van der Waals surface area (Å²) in [6.07, 6.45) is 3.06. The Morgan fingerprint density at radius 2 is 1.98 bits per heavy atom. The van der Waals surface area contributed by atoms with Crippen LogP contribution in [0.15, 0.2) is 48.7 Å². The zero-order chi connectivity index (χ0) is 29.6. The van der Waals surface area contributed by atoms with Gasteiger partial charge >= 0.3 is 6.18 Å². The molecule has 1 aliphatic heterocycles. The summed E-state index contributed by atoms with van der Waals surface area (Å²) in [5.41, 5.74) is 2.37. The number of halogens is 3. The van der Waals surface area contributed by atoms with Crippen molar-refractivity contribution in [2.75, 3.05) is 40.9 Å². The highest BCUT2D eigenvalue weighted by molar-refractivity contribution is 5.96. The molecular formula is C30H38F3N5O3. The van der Waals surface area contributed by atoms with Gasteiger partial charge in [0.15, 0.2) is 0 Å². The molecule has 0 bridgehead atoms. The van der Waals surface area contributed by atoms with E-state index in [4.69, 9.17) is 4.74 Å². The molecule has 222 valence electrons. The number of carbonyl (C=O) groups excluding carboxylic acids is 2. The van der Waals surface area contributed by atoms with Crippen molar-refractivity contribution in [1.29, 1.82) is 0 Å². The second-order valence-electron chi connectivity index (χ2n) is 11.0. The fraction of sp³-hybridized carbons (Fsp3) is 0.500. The Morgan fingerprint density at radius 3 is 2.61 bits per heavy atom. The van der Waals surface area contributed by atoms with Crippen molar-refractivity contribution in [3.63, 3.8) is 0 Å². The minimum Gasteiger partial charge on any atom is -0.383 e. The maximum Gasteiger partial charge on any atom is 0.416 e. The number of allylic oxidation sites excluding steroid dienone is 1. The Morgan fingerprint density at radius 1 is 1.17 bits per heavy atom. The number of ether oxygens (including phenoxy) is 1. The normalized spacial score (nSPS) is 21.2. The summed E-state index contributed by atoms with van der Waals surface area (Å²) in [4.78, 5) is 34.0. The second kappa shape index (κ2) is 13.6. The average Bonchev–Trinajstić information content (AvgIpc) is 3.34. The first-order chi connectivity index (χ1) is 19.5. The van der Waals surface area contributed by atoms with Crippen molar-refractivity contribution in [1.82, 2.24) is 25.4 Å². The maximum absolute atomic E-state index is 13.0. The van der Waals surface area contributed by atoms with Crippen molar-refractivity contribution in [3.8, 4) is 0 Å². The van der Waals surface area contributed by atoms with Gasteiger partial charge in [0.25, 0.3) is 5.91 Å². The van der Waals surface area contributed by atoms with Gasteiger partial charge in [0.05, 0.1) is 30.5 Å².